The van der Waals surface area contributed by atoms with Crippen LogP contribution in [-0.2, 0) is 9.53 Å². The van der Waals surface area contributed by atoms with Crippen molar-refractivity contribution in [3.05, 3.63) is 23.8 Å². The third-order valence-electron chi connectivity index (χ3n) is 4.42. The van der Waals surface area contributed by atoms with Gasteiger partial charge in [0.2, 0.25) is 5.91 Å². The summed E-state index contributed by atoms with van der Waals surface area (Å²) in [6.07, 6.45) is 3.59. The van der Waals surface area contributed by atoms with Crippen LogP contribution in [0.4, 0.5) is 11.4 Å². The van der Waals surface area contributed by atoms with Gasteiger partial charge in [-0.15, -0.1) is 0 Å². The molecule has 114 valence electrons. The molecular weight excluding hydrogens is 266 g/mol. The van der Waals surface area contributed by atoms with Crippen molar-refractivity contribution >= 4 is 17.3 Å². The fourth-order valence-corrected chi connectivity index (χ4v) is 3.14. The normalized spacial score (nSPS) is 25.0. The van der Waals surface area contributed by atoms with Crippen LogP contribution in [0.2, 0.25) is 0 Å². The SMILES string of the molecule is Cc1c(N)cccc1NC(=O)CCN1CC2CCC(C1)O2. The monoisotopic (exact) mass is 289 g/mol. The second-order valence-corrected chi connectivity index (χ2v) is 6.04. The van der Waals surface area contributed by atoms with E-state index in [0.29, 0.717) is 24.3 Å². The molecule has 0 saturated carbocycles. The molecule has 0 radical (unpaired) electrons. The van der Waals surface area contributed by atoms with Gasteiger partial charge in [0, 0.05) is 37.4 Å². The maximum atomic E-state index is 12.1. The molecule has 3 N–H and O–H groups in total. The first-order valence-corrected chi connectivity index (χ1v) is 7.64. The van der Waals surface area contributed by atoms with E-state index in [1.165, 1.54) is 0 Å². The number of morpholine rings is 1. The number of nitrogens with zero attached hydrogens (tertiary/aromatic N) is 1. The number of nitrogens with two attached hydrogens (primary N) is 1. The Labute approximate surface area is 125 Å². The lowest BCUT2D eigenvalue weighted by Gasteiger charge is -2.31. The third-order valence-corrected chi connectivity index (χ3v) is 4.42. The number of nitrogen functional groups attached to an aromatic ring is 1. The van der Waals surface area contributed by atoms with Crippen molar-refractivity contribution in [3.63, 3.8) is 0 Å². The Hall–Kier alpha value is -1.59. The van der Waals surface area contributed by atoms with Gasteiger partial charge in [-0.25, -0.2) is 0 Å². The van der Waals surface area contributed by atoms with Crippen LogP contribution in [-0.4, -0.2) is 42.6 Å². The molecule has 1 aromatic carbocycles. The zero-order valence-electron chi connectivity index (χ0n) is 12.5. The maximum Gasteiger partial charge on any atom is 0.225 e. The van der Waals surface area contributed by atoms with Crippen LogP contribution >= 0.6 is 0 Å². The first-order chi connectivity index (χ1) is 10.1. The lowest BCUT2D eigenvalue weighted by atomic mass is 10.1. The molecule has 1 aromatic rings. The van der Waals surface area contributed by atoms with Gasteiger partial charge >= 0.3 is 0 Å². The highest BCUT2D eigenvalue weighted by Crippen LogP contribution is 2.26. The average molecular weight is 289 g/mol. The highest BCUT2D eigenvalue weighted by atomic mass is 16.5. The van der Waals surface area contributed by atoms with E-state index in [0.717, 1.165) is 43.7 Å². The summed E-state index contributed by atoms with van der Waals surface area (Å²) in [6, 6.07) is 5.59. The van der Waals surface area contributed by atoms with Gasteiger partial charge < -0.3 is 15.8 Å². The van der Waals surface area contributed by atoms with Crippen LogP contribution < -0.4 is 11.1 Å². The predicted molar refractivity (Wildman–Crippen MR) is 83.2 cm³/mol. The Morgan fingerprint density at radius 3 is 2.81 bits per heavy atom. The lowest BCUT2D eigenvalue weighted by Crippen LogP contribution is -2.43. The van der Waals surface area contributed by atoms with Crippen LogP contribution in [0.5, 0.6) is 0 Å². The van der Waals surface area contributed by atoms with E-state index in [-0.39, 0.29) is 5.91 Å². The number of hydrogen-bond donors (Lipinski definition) is 2. The molecule has 2 aliphatic heterocycles. The second-order valence-electron chi connectivity index (χ2n) is 6.04. The number of ether oxygens (including phenoxy) is 1. The summed E-state index contributed by atoms with van der Waals surface area (Å²) in [5, 5.41) is 2.95. The van der Waals surface area contributed by atoms with Crippen molar-refractivity contribution in [3.8, 4) is 0 Å². The fraction of sp³-hybridized carbons (Fsp3) is 0.562. The molecule has 2 fully saturated rings. The summed E-state index contributed by atoms with van der Waals surface area (Å²) >= 11 is 0. The standard InChI is InChI=1S/C16H23N3O2/c1-11-14(17)3-2-4-15(11)18-16(20)7-8-19-9-12-5-6-13(10-19)21-12/h2-4,12-13H,5-10,17H2,1H3,(H,18,20). The van der Waals surface area contributed by atoms with Gasteiger partial charge in [0.25, 0.3) is 0 Å². The number of carbonyl (C=O) groups is 1. The van der Waals surface area contributed by atoms with Crippen molar-refractivity contribution in [2.24, 2.45) is 0 Å². The van der Waals surface area contributed by atoms with E-state index in [1.807, 2.05) is 25.1 Å². The van der Waals surface area contributed by atoms with Gasteiger partial charge in [-0.05, 0) is 37.5 Å². The van der Waals surface area contributed by atoms with E-state index >= 15 is 0 Å². The Bertz CT molecular complexity index is 520. The molecule has 3 rings (SSSR count). The zero-order chi connectivity index (χ0) is 14.8. The Morgan fingerprint density at radius 2 is 2.10 bits per heavy atom. The predicted octanol–water partition coefficient (Wildman–Crippen LogP) is 1.77. The summed E-state index contributed by atoms with van der Waals surface area (Å²) in [4.78, 5) is 14.4. The number of nitrogens with one attached hydrogen (secondary N) is 1. The minimum absolute atomic E-state index is 0.0440. The van der Waals surface area contributed by atoms with Crippen LogP contribution in [0.25, 0.3) is 0 Å². The van der Waals surface area contributed by atoms with E-state index in [9.17, 15) is 4.79 Å². The summed E-state index contributed by atoms with van der Waals surface area (Å²) in [7, 11) is 0. The minimum Gasteiger partial charge on any atom is -0.398 e. The molecule has 0 aromatic heterocycles. The molecule has 2 bridgehead atoms. The smallest absolute Gasteiger partial charge is 0.225 e. The molecule has 1 amide bonds. The molecular formula is C16H23N3O2. The van der Waals surface area contributed by atoms with Crippen LogP contribution in [0.15, 0.2) is 18.2 Å². The first-order valence-electron chi connectivity index (χ1n) is 7.64. The number of benzene rings is 1. The highest BCUT2D eigenvalue weighted by Gasteiger charge is 2.33. The number of anilines is 2. The quantitative estimate of drug-likeness (QED) is 0.829. The number of amides is 1. The molecule has 2 atom stereocenters. The van der Waals surface area contributed by atoms with Crippen molar-refractivity contribution < 1.29 is 9.53 Å². The third kappa shape index (κ3) is 3.36. The molecule has 0 aliphatic carbocycles. The van der Waals surface area contributed by atoms with Gasteiger partial charge in [0.15, 0.2) is 0 Å². The topological polar surface area (TPSA) is 67.6 Å². The van der Waals surface area contributed by atoms with Crippen molar-refractivity contribution in [1.29, 1.82) is 0 Å². The molecule has 2 saturated heterocycles. The van der Waals surface area contributed by atoms with Crippen LogP contribution in [0.1, 0.15) is 24.8 Å². The number of hydrogen-bond acceptors (Lipinski definition) is 4. The van der Waals surface area contributed by atoms with Crippen LogP contribution in [0.3, 0.4) is 0 Å². The number of fused-ring (bicyclic) bond motifs is 2. The Morgan fingerprint density at radius 1 is 1.38 bits per heavy atom. The van der Waals surface area contributed by atoms with Gasteiger partial charge in [0.1, 0.15) is 0 Å². The maximum absolute atomic E-state index is 12.1. The largest absolute Gasteiger partial charge is 0.398 e. The summed E-state index contributed by atoms with van der Waals surface area (Å²) in [6.45, 7) is 4.64. The minimum atomic E-state index is 0.0440. The van der Waals surface area contributed by atoms with Gasteiger partial charge in [0.05, 0.1) is 12.2 Å². The van der Waals surface area contributed by atoms with Gasteiger partial charge in [-0.1, -0.05) is 6.07 Å². The second kappa shape index (κ2) is 6.03. The summed E-state index contributed by atoms with van der Waals surface area (Å²) in [5.74, 6) is 0.0440. The molecule has 2 unspecified atom stereocenters. The highest BCUT2D eigenvalue weighted by molar-refractivity contribution is 5.92. The molecule has 2 heterocycles. The summed E-state index contributed by atoms with van der Waals surface area (Å²) < 4.78 is 5.80. The van der Waals surface area contributed by atoms with E-state index < -0.39 is 0 Å². The Kier molecular flexibility index (Phi) is 4.12. The average Bonchev–Trinajstić information content (AvgIpc) is 2.81. The number of rotatable bonds is 4. The number of likely N-dealkylation sites (tertiary alicyclic amines) is 1. The molecule has 2 aliphatic rings. The molecule has 21 heavy (non-hydrogen) atoms. The van der Waals surface area contributed by atoms with E-state index in [2.05, 4.69) is 10.2 Å². The molecule has 5 heteroatoms. The van der Waals surface area contributed by atoms with Gasteiger partial charge in [-0.3, -0.25) is 9.69 Å². The molecule has 5 nitrogen and oxygen atoms in total. The Balaban J connectivity index is 1.49. The van der Waals surface area contributed by atoms with Crippen molar-refractivity contribution in [2.75, 3.05) is 30.7 Å². The fourth-order valence-electron chi connectivity index (χ4n) is 3.14. The van der Waals surface area contributed by atoms with E-state index in [1.54, 1.807) is 0 Å². The van der Waals surface area contributed by atoms with Crippen LogP contribution in [0, 0.1) is 6.92 Å². The van der Waals surface area contributed by atoms with Crippen molar-refractivity contribution in [1.82, 2.24) is 4.90 Å². The molecule has 0 spiro atoms. The summed E-state index contributed by atoms with van der Waals surface area (Å²) in [5.41, 5.74) is 8.29. The van der Waals surface area contributed by atoms with E-state index in [4.69, 9.17) is 10.5 Å². The zero-order valence-corrected chi connectivity index (χ0v) is 12.5. The van der Waals surface area contributed by atoms with Gasteiger partial charge in [-0.2, -0.15) is 0 Å². The lowest BCUT2D eigenvalue weighted by molar-refractivity contribution is -0.117. The first kappa shape index (κ1) is 14.4. The van der Waals surface area contributed by atoms with Crippen molar-refractivity contribution in [2.45, 2.75) is 38.4 Å². The number of carbonyl (C=O) groups excluding carboxylic acids is 1.